The molecule has 1 N–H and O–H groups in total. The van der Waals surface area contributed by atoms with Gasteiger partial charge >= 0.3 is 0 Å². The van der Waals surface area contributed by atoms with Crippen LogP contribution in [-0.4, -0.2) is 45.4 Å². The van der Waals surface area contributed by atoms with Crippen LogP contribution in [0.4, 0.5) is 4.39 Å². The van der Waals surface area contributed by atoms with Crippen LogP contribution in [0.25, 0.3) is 5.69 Å². The minimum absolute atomic E-state index is 0.00948. The zero-order valence-electron chi connectivity index (χ0n) is 20.2. The number of fused-ring (bicyclic) bond motifs is 1. The largest absolute Gasteiger partial charge is 0.349 e. The van der Waals surface area contributed by atoms with Gasteiger partial charge in [0.2, 0.25) is 5.91 Å². The van der Waals surface area contributed by atoms with Gasteiger partial charge in [-0.3, -0.25) is 14.3 Å². The number of nitrogens with one attached hydrogen (secondary N) is 1. The first kappa shape index (κ1) is 24.4. The second-order valence-electron chi connectivity index (χ2n) is 9.11. The van der Waals surface area contributed by atoms with E-state index in [1.807, 2.05) is 37.4 Å². The molecule has 0 unspecified atom stereocenters. The predicted molar refractivity (Wildman–Crippen MR) is 134 cm³/mol. The van der Waals surface area contributed by atoms with Gasteiger partial charge in [0.1, 0.15) is 5.82 Å². The number of hydrogen-bond donors (Lipinski definition) is 1. The molecule has 8 heteroatoms. The average Bonchev–Trinajstić information content (AvgIpc) is 3.26. The molecular formula is C26H32FN5OS. The molecule has 6 nitrogen and oxygen atoms in total. The standard InChI is InChI=1S/C26H32FN5OS/c1-17(20-10-9-19-7-5-6-8-21(19)15-20)28-24(33)16-34-26-30-29-25(18(2)31(3)4)32(26)23-13-11-22(27)12-14-23/h9-15,17-18H,5-8,16H2,1-4H3,(H,28,33)/t17-,18-/m1/s1. The molecule has 0 spiro atoms. The molecule has 34 heavy (non-hydrogen) atoms. The number of carbonyl (C=O) groups is 1. The summed E-state index contributed by atoms with van der Waals surface area (Å²) in [7, 11) is 3.94. The Hall–Kier alpha value is -2.71. The van der Waals surface area contributed by atoms with Gasteiger partial charge in [-0.1, -0.05) is 30.0 Å². The Balaban J connectivity index is 1.46. The molecule has 1 heterocycles. The van der Waals surface area contributed by atoms with Crippen molar-refractivity contribution in [3.63, 3.8) is 0 Å². The third kappa shape index (κ3) is 5.50. The van der Waals surface area contributed by atoms with E-state index in [1.54, 1.807) is 12.1 Å². The number of carbonyl (C=O) groups excluding carboxylic acids is 1. The van der Waals surface area contributed by atoms with Crippen LogP contribution in [0.1, 0.15) is 61.3 Å². The molecule has 180 valence electrons. The van der Waals surface area contributed by atoms with Gasteiger partial charge < -0.3 is 5.32 Å². The first-order valence-electron chi connectivity index (χ1n) is 11.7. The number of nitrogens with zero attached hydrogens (tertiary/aromatic N) is 4. The predicted octanol–water partition coefficient (Wildman–Crippen LogP) is 4.88. The normalized spacial score (nSPS) is 15.1. The molecule has 1 aromatic heterocycles. The topological polar surface area (TPSA) is 63.1 Å². The van der Waals surface area contributed by atoms with Crippen LogP contribution in [0.3, 0.4) is 0 Å². The van der Waals surface area contributed by atoms with Crippen molar-refractivity contribution in [3.05, 3.63) is 70.8 Å². The van der Waals surface area contributed by atoms with Crippen LogP contribution < -0.4 is 5.32 Å². The summed E-state index contributed by atoms with van der Waals surface area (Å²) in [5.74, 6) is 0.585. The zero-order valence-corrected chi connectivity index (χ0v) is 21.0. The van der Waals surface area contributed by atoms with Crippen molar-refractivity contribution in [2.45, 2.75) is 56.8 Å². The van der Waals surface area contributed by atoms with Crippen molar-refractivity contribution in [3.8, 4) is 5.69 Å². The van der Waals surface area contributed by atoms with Crippen LogP contribution in [0.2, 0.25) is 0 Å². The number of aromatic nitrogens is 3. The first-order valence-corrected chi connectivity index (χ1v) is 12.7. The second kappa shape index (κ2) is 10.7. The Morgan fingerprint density at radius 3 is 2.50 bits per heavy atom. The van der Waals surface area contributed by atoms with Crippen molar-refractivity contribution in [2.24, 2.45) is 0 Å². The summed E-state index contributed by atoms with van der Waals surface area (Å²) in [5.41, 5.74) is 4.75. The highest BCUT2D eigenvalue weighted by atomic mass is 32.2. The van der Waals surface area contributed by atoms with Gasteiger partial charge in [0, 0.05) is 5.69 Å². The lowest BCUT2D eigenvalue weighted by Crippen LogP contribution is -2.28. The number of benzene rings is 2. The third-order valence-corrected chi connectivity index (χ3v) is 7.40. The molecule has 1 aliphatic carbocycles. The molecule has 1 aliphatic rings. The van der Waals surface area contributed by atoms with E-state index in [1.165, 1.54) is 47.9 Å². The number of aryl methyl sites for hydroxylation is 2. The maximum absolute atomic E-state index is 13.5. The van der Waals surface area contributed by atoms with E-state index >= 15 is 0 Å². The smallest absolute Gasteiger partial charge is 0.230 e. The van der Waals surface area contributed by atoms with Crippen molar-refractivity contribution in [2.75, 3.05) is 19.8 Å². The number of hydrogen-bond acceptors (Lipinski definition) is 5. The van der Waals surface area contributed by atoms with Crippen LogP contribution in [0.5, 0.6) is 0 Å². The fraction of sp³-hybridized carbons (Fsp3) is 0.423. The summed E-state index contributed by atoms with van der Waals surface area (Å²) in [6.45, 7) is 4.05. The van der Waals surface area contributed by atoms with Gasteiger partial charge in [0.25, 0.3) is 0 Å². The highest BCUT2D eigenvalue weighted by Crippen LogP contribution is 2.28. The highest BCUT2D eigenvalue weighted by molar-refractivity contribution is 7.99. The minimum Gasteiger partial charge on any atom is -0.349 e. The number of thioether (sulfide) groups is 1. The van der Waals surface area contributed by atoms with Crippen LogP contribution in [0, 0.1) is 5.82 Å². The van der Waals surface area contributed by atoms with Crippen molar-refractivity contribution in [1.82, 2.24) is 25.0 Å². The Kier molecular flexibility index (Phi) is 7.68. The quantitative estimate of drug-likeness (QED) is 0.465. The van der Waals surface area contributed by atoms with Crippen LogP contribution in [0.15, 0.2) is 47.6 Å². The summed E-state index contributed by atoms with van der Waals surface area (Å²) >= 11 is 1.33. The first-order chi connectivity index (χ1) is 16.3. The van der Waals surface area contributed by atoms with Gasteiger partial charge in [0.15, 0.2) is 11.0 Å². The Labute approximate surface area is 205 Å². The summed E-state index contributed by atoms with van der Waals surface area (Å²) in [5, 5.41) is 12.5. The van der Waals surface area contributed by atoms with E-state index in [9.17, 15) is 9.18 Å². The summed E-state index contributed by atoms with van der Waals surface area (Å²) in [4.78, 5) is 14.8. The highest BCUT2D eigenvalue weighted by Gasteiger charge is 2.22. The molecule has 0 aliphatic heterocycles. The van der Waals surface area contributed by atoms with E-state index in [0.717, 1.165) is 29.9 Å². The van der Waals surface area contributed by atoms with E-state index in [2.05, 4.69) is 33.7 Å². The lowest BCUT2D eigenvalue weighted by atomic mass is 9.89. The maximum Gasteiger partial charge on any atom is 0.230 e. The lowest BCUT2D eigenvalue weighted by molar-refractivity contribution is -0.119. The van der Waals surface area contributed by atoms with Crippen LogP contribution in [-0.2, 0) is 17.6 Å². The van der Waals surface area contributed by atoms with Crippen molar-refractivity contribution < 1.29 is 9.18 Å². The van der Waals surface area contributed by atoms with E-state index < -0.39 is 0 Å². The molecule has 0 saturated carbocycles. The number of amides is 1. The van der Waals surface area contributed by atoms with E-state index in [4.69, 9.17) is 0 Å². The molecule has 0 saturated heterocycles. The Bertz CT molecular complexity index is 1140. The van der Waals surface area contributed by atoms with Crippen molar-refractivity contribution in [1.29, 1.82) is 0 Å². The summed E-state index contributed by atoms with van der Waals surface area (Å²) in [6.07, 6.45) is 4.76. The van der Waals surface area contributed by atoms with Crippen molar-refractivity contribution >= 4 is 17.7 Å². The Morgan fingerprint density at radius 1 is 1.09 bits per heavy atom. The van der Waals surface area contributed by atoms with Gasteiger partial charge in [-0.05, 0) is 94.6 Å². The monoisotopic (exact) mass is 481 g/mol. The molecule has 1 amide bonds. The molecule has 0 fully saturated rings. The molecule has 0 bridgehead atoms. The van der Waals surface area contributed by atoms with Crippen LogP contribution >= 0.6 is 11.8 Å². The second-order valence-corrected chi connectivity index (χ2v) is 10.0. The summed E-state index contributed by atoms with van der Waals surface area (Å²) in [6, 6.07) is 12.7. The van der Waals surface area contributed by atoms with Gasteiger partial charge in [-0.2, -0.15) is 0 Å². The number of rotatable bonds is 8. The number of halogens is 1. The Morgan fingerprint density at radius 2 is 1.79 bits per heavy atom. The average molecular weight is 482 g/mol. The lowest BCUT2D eigenvalue weighted by Gasteiger charge is -2.21. The minimum atomic E-state index is -0.302. The fourth-order valence-corrected chi connectivity index (χ4v) is 5.00. The molecule has 0 radical (unpaired) electrons. The molecule has 3 aromatic rings. The van der Waals surface area contributed by atoms with Gasteiger partial charge in [-0.15, -0.1) is 10.2 Å². The van der Waals surface area contributed by atoms with E-state index in [-0.39, 0.29) is 29.6 Å². The summed E-state index contributed by atoms with van der Waals surface area (Å²) < 4.78 is 15.4. The van der Waals surface area contributed by atoms with E-state index in [0.29, 0.717) is 5.16 Å². The fourth-order valence-electron chi connectivity index (χ4n) is 4.23. The molecule has 2 aromatic carbocycles. The third-order valence-electron chi connectivity index (χ3n) is 6.47. The van der Waals surface area contributed by atoms with Gasteiger partial charge in [0.05, 0.1) is 17.8 Å². The zero-order chi connectivity index (χ0) is 24.2. The molecule has 2 atom stereocenters. The SMILES string of the molecule is C[C@H](c1nnc(SCC(=O)N[C@H](C)c2ccc3c(c2)CCCC3)n1-c1ccc(F)cc1)N(C)C. The maximum atomic E-state index is 13.5. The molecule has 4 rings (SSSR count). The molecular weight excluding hydrogens is 449 g/mol. The van der Waals surface area contributed by atoms with Gasteiger partial charge in [-0.25, -0.2) is 4.39 Å².